The summed E-state index contributed by atoms with van der Waals surface area (Å²) >= 11 is 0. The second-order valence-electron chi connectivity index (χ2n) is 7.94. The van der Waals surface area contributed by atoms with Crippen LogP contribution in [0.2, 0.25) is 0 Å². The first-order valence-corrected chi connectivity index (χ1v) is 10.3. The molecule has 5 heteroatoms. The number of benzene rings is 3. The molecular weight excluding hydrogens is 382 g/mol. The molecule has 0 bridgehead atoms. The van der Waals surface area contributed by atoms with Crippen molar-refractivity contribution in [3.05, 3.63) is 107 Å². The van der Waals surface area contributed by atoms with Gasteiger partial charge in [0.1, 0.15) is 11.6 Å². The fraction of sp³-hybridized carbons (Fsp3) is 0.280. The number of hydrogen-bond donors (Lipinski definition) is 2. The number of piperidine rings is 1. The van der Waals surface area contributed by atoms with E-state index in [4.69, 9.17) is 5.73 Å². The van der Waals surface area contributed by atoms with E-state index in [-0.39, 0.29) is 17.7 Å². The second kappa shape index (κ2) is 8.64. The molecule has 0 amide bonds. The van der Waals surface area contributed by atoms with Crippen LogP contribution in [-0.4, -0.2) is 23.1 Å². The molecule has 3 nitrogen and oxygen atoms in total. The molecule has 1 aliphatic rings. The fourth-order valence-electron chi connectivity index (χ4n) is 4.54. The largest absolute Gasteiger partial charge is 0.385 e. The highest BCUT2D eigenvalue weighted by Gasteiger charge is 2.38. The lowest BCUT2D eigenvalue weighted by Gasteiger charge is -2.43. The number of hydrogen-bond acceptors (Lipinski definition) is 3. The average molecular weight is 408 g/mol. The fourth-order valence-corrected chi connectivity index (χ4v) is 4.54. The van der Waals surface area contributed by atoms with Crippen LogP contribution in [0, 0.1) is 11.6 Å². The Hall–Kier alpha value is -2.60. The highest BCUT2D eigenvalue weighted by atomic mass is 19.1. The summed E-state index contributed by atoms with van der Waals surface area (Å²) in [5.41, 5.74) is 8.29. The molecule has 0 aliphatic carbocycles. The smallest absolute Gasteiger partial charge is 0.123 e. The lowest BCUT2D eigenvalue weighted by Crippen LogP contribution is -2.44. The van der Waals surface area contributed by atoms with E-state index >= 15 is 0 Å². The van der Waals surface area contributed by atoms with E-state index in [1.807, 2.05) is 36.4 Å². The van der Waals surface area contributed by atoms with Gasteiger partial charge in [-0.1, -0.05) is 48.5 Å². The Morgan fingerprint density at radius 1 is 0.867 bits per heavy atom. The van der Waals surface area contributed by atoms with Crippen molar-refractivity contribution in [3.8, 4) is 0 Å². The molecule has 0 atom stereocenters. The van der Waals surface area contributed by atoms with Crippen molar-refractivity contribution < 1.29 is 13.9 Å². The van der Waals surface area contributed by atoms with Crippen LogP contribution in [0.3, 0.4) is 0 Å². The monoisotopic (exact) mass is 408 g/mol. The highest BCUT2D eigenvalue weighted by molar-refractivity contribution is 5.35. The molecule has 1 saturated heterocycles. The summed E-state index contributed by atoms with van der Waals surface area (Å²) in [7, 11) is 0. The van der Waals surface area contributed by atoms with E-state index in [1.165, 1.54) is 24.3 Å². The van der Waals surface area contributed by atoms with E-state index in [0.717, 1.165) is 22.3 Å². The normalized spacial score (nSPS) is 16.7. The van der Waals surface area contributed by atoms with Crippen molar-refractivity contribution >= 4 is 0 Å². The third kappa shape index (κ3) is 4.15. The molecule has 4 rings (SSSR count). The van der Waals surface area contributed by atoms with Gasteiger partial charge in [0.25, 0.3) is 0 Å². The summed E-state index contributed by atoms with van der Waals surface area (Å²) in [6, 6.07) is 20.3. The maximum absolute atomic E-state index is 14.0. The molecule has 0 saturated carbocycles. The van der Waals surface area contributed by atoms with Gasteiger partial charge in [-0.3, -0.25) is 4.90 Å². The number of likely N-dealkylation sites (tertiary alicyclic amines) is 1. The SMILES string of the molecule is NCc1ccccc1C1(O)CCN(C(c2cccc(F)c2)c2cccc(F)c2)CC1. The van der Waals surface area contributed by atoms with Crippen LogP contribution in [0.15, 0.2) is 72.8 Å². The van der Waals surface area contributed by atoms with E-state index in [2.05, 4.69) is 4.90 Å². The number of rotatable bonds is 5. The van der Waals surface area contributed by atoms with Gasteiger partial charge >= 0.3 is 0 Å². The zero-order chi connectivity index (χ0) is 21.1. The lowest BCUT2D eigenvalue weighted by atomic mass is 9.81. The molecule has 0 unspecified atom stereocenters. The van der Waals surface area contributed by atoms with Crippen LogP contribution in [0.5, 0.6) is 0 Å². The van der Waals surface area contributed by atoms with Crippen LogP contribution in [0.1, 0.15) is 41.1 Å². The Balaban J connectivity index is 1.64. The van der Waals surface area contributed by atoms with Gasteiger partial charge in [0.2, 0.25) is 0 Å². The van der Waals surface area contributed by atoms with Crippen LogP contribution < -0.4 is 5.73 Å². The van der Waals surface area contributed by atoms with Gasteiger partial charge < -0.3 is 10.8 Å². The zero-order valence-electron chi connectivity index (χ0n) is 16.8. The van der Waals surface area contributed by atoms with E-state index in [1.54, 1.807) is 12.1 Å². The maximum atomic E-state index is 14.0. The average Bonchev–Trinajstić information content (AvgIpc) is 2.75. The van der Waals surface area contributed by atoms with Gasteiger partial charge in [0.15, 0.2) is 0 Å². The van der Waals surface area contributed by atoms with Crippen molar-refractivity contribution in [1.82, 2.24) is 4.90 Å². The van der Waals surface area contributed by atoms with E-state index in [9.17, 15) is 13.9 Å². The molecule has 3 aromatic rings. The summed E-state index contributed by atoms with van der Waals surface area (Å²) in [5, 5.41) is 11.4. The third-order valence-corrected chi connectivity index (χ3v) is 6.06. The number of aliphatic hydroxyl groups is 1. The lowest BCUT2D eigenvalue weighted by molar-refractivity contribution is -0.0331. The molecular formula is C25H26F2N2O. The second-order valence-corrected chi connectivity index (χ2v) is 7.94. The standard InChI is InChI=1S/C25H26F2N2O/c26-21-8-3-6-18(15-21)24(19-7-4-9-22(27)16-19)29-13-11-25(30,12-14-29)23-10-2-1-5-20(23)17-28/h1-10,15-16,24,30H,11-14,17,28H2. The van der Waals surface area contributed by atoms with Gasteiger partial charge in [0.05, 0.1) is 11.6 Å². The number of halogens is 2. The van der Waals surface area contributed by atoms with Gasteiger partial charge in [-0.15, -0.1) is 0 Å². The Bertz CT molecular complexity index is 970. The highest BCUT2D eigenvalue weighted by Crippen LogP contribution is 2.39. The first-order valence-electron chi connectivity index (χ1n) is 10.3. The molecule has 0 spiro atoms. The molecule has 0 aromatic heterocycles. The van der Waals surface area contributed by atoms with Crippen molar-refractivity contribution in [1.29, 1.82) is 0 Å². The topological polar surface area (TPSA) is 49.5 Å². The molecule has 1 fully saturated rings. The molecule has 1 heterocycles. The Morgan fingerprint density at radius 3 is 1.97 bits per heavy atom. The van der Waals surface area contributed by atoms with Crippen molar-refractivity contribution in [3.63, 3.8) is 0 Å². The predicted molar refractivity (Wildman–Crippen MR) is 114 cm³/mol. The number of nitrogens with zero attached hydrogens (tertiary/aromatic N) is 1. The minimum atomic E-state index is -0.957. The molecule has 3 aromatic carbocycles. The maximum Gasteiger partial charge on any atom is 0.123 e. The van der Waals surface area contributed by atoms with E-state index < -0.39 is 5.60 Å². The van der Waals surface area contributed by atoms with Crippen LogP contribution >= 0.6 is 0 Å². The molecule has 156 valence electrons. The van der Waals surface area contributed by atoms with Crippen LogP contribution in [0.4, 0.5) is 8.78 Å². The summed E-state index contributed by atoms with van der Waals surface area (Å²) in [6.45, 7) is 1.55. The molecule has 30 heavy (non-hydrogen) atoms. The minimum absolute atomic E-state index is 0.286. The Kier molecular flexibility index (Phi) is 5.95. The Labute approximate surface area is 175 Å². The van der Waals surface area contributed by atoms with Gasteiger partial charge in [0, 0.05) is 19.6 Å². The molecule has 1 aliphatic heterocycles. The third-order valence-electron chi connectivity index (χ3n) is 6.06. The summed E-state index contributed by atoms with van der Waals surface area (Å²) in [4.78, 5) is 2.18. The van der Waals surface area contributed by atoms with Gasteiger partial charge in [-0.2, -0.15) is 0 Å². The quantitative estimate of drug-likeness (QED) is 0.654. The number of nitrogens with two attached hydrogens (primary N) is 1. The predicted octanol–water partition coefficient (Wildman–Crippen LogP) is 4.50. The summed E-state index contributed by atoms with van der Waals surface area (Å²) in [6.07, 6.45) is 1.04. The molecule has 0 radical (unpaired) electrons. The Morgan fingerprint density at radius 2 is 1.43 bits per heavy atom. The minimum Gasteiger partial charge on any atom is -0.385 e. The van der Waals surface area contributed by atoms with E-state index in [0.29, 0.717) is 32.5 Å². The van der Waals surface area contributed by atoms with Crippen molar-refractivity contribution in [2.75, 3.05) is 13.1 Å². The molecule has 3 N–H and O–H groups in total. The van der Waals surface area contributed by atoms with Crippen molar-refractivity contribution in [2.24, 2.45) is 5.73 Å². The first kappa shape index (κ1) is 20.7. The first-order chi connectivity index (χ1) is 14.5. The summed E-state index contributed by atoms with van der Waals surface area (Å²) < 4.78 is 27.9. The van der Waals surface area contributed by atoms with Crippen LogP contribution in [0.25, 0.3) is 0 Å². The zero-order valence-corrected chi connectivity index (χ0v) is 16.8. The van der Waals surface area contributed by atoms with Crippen molar-refractivity contribution in [2.45, 2.75) is 31.0 Å². The van der Waals surface area contributed by atoms with Crippen LogP contribution in [-0.2, 0) is 12.1 Å². The summed E-state index contributed by atoms with van der Waals surface area (Å²) in [5.74, 6) is -0.640. The van der Waals surface area contributed by atoms with Gasteiger partial charge in [-0.05, 0) is 59.4 Å². The van der Waals surface area contributed by atoms with Gasteiger partial charge in [-0.25, -0.2) is 8.78 Å².